The van der Waals surface area contributed by atoms with Gasteiger partial charge in [0.05, 0.1) is 0 Å². The fourth-order valence-corrected chi connectivity index (χ4v) is 2.16. The lowest BCUT2D eigenvalue weighted by atomic mass is 10.2. The second kappa shape index (κ2) is 4.50. The zero-order chi connectivity index (χ0) is 12.4. The number of nitrogens with zero attached hydrogens (tertiary/aromatic N) is 2. The van der Waals surface area contributed by atoms with Crippen molar-refractivity contribution in [3.05, 3.63) is 29.1 Å². The van der Waals surface area contributed by atoms with Crippen LogP contribution >= 0.6 is 11.3 Å². The summed E-state index contributed by atoms with van der Waals surface area (Å²) in [7, 11) is 0. The summed E-state index contributed by atoms with van der Waals surface area (Å²) in [5, 5.41) is 20.5. The second-order valence-electron chi connectivity index (χ2n) is 3.55. The highest BCUT2D eigenvalue weighted by molar-refractivity contribution is 7.12. The van der Waals surface area contributed by atoms with E-state index in [-0.39, 0.29) is 4.80 Å². The summed E-state index contributed by atoms with van der Waals surface area (Å²) in [5.74, 6) is 0.327. The summed E-state index contributed by atoms with van der Waals surface area (Å²) in [5.41, 5.74) is 7.23. The molecule has 17 heavy (non-hydrogen) atoms. The van der Waals surface area contributed by atoms with Crippen molar-refractivity contribution in [3.8, 4) is 10.6 Å². The fourth-order valence-electron chi connectivity index (χ4n) is 1.37. The highest BCUT2D eigenvalue weighted by Gasteiger charge is 2.08. The minimum Gasteiger partial charge on any atom is -0.399 e. The molecule has 0 saturated carbocycles. The molecule has 0 saturated heterocycles. The molecule has 0 aliphatic carbocycles. The van der Waals surface area contributed by atoms with E-state index in [4.69, 9.17) is 16.6 Å². The lowest BCUT2D eigenvalue weighted by Gasteiger charge is -1.98. The third kappa shape index (κ3) is 2.26. The van der Waals surface area contributed by atoms with Crippen LogP contribution in [0.25, 0.3) is 10.6 Å². The van der Waals surface area contributed by atoms with Crippen LogP contribution in [0.1, 0.15) is 13.3 Å². The smallest absolute Gasteiger partial charge is 0.206 e. The topological polar surface area (TPSA) is 91.5 Å². The Labute approximate surface area is 103 Å². The van der Waals surface area contributed by atoms with E-state index in [1.807, 2.05) is 19.1 Å². The van der Waals surface area contributed by atoms with Gasteiger partial charge in [-0.05, 0) is 24.3 Å². The van der Waals surface area contributed by atoms with E-state index < -0.39 is 0 Å². The maximum atomic E-state index is 7.77. The van der Waals surface area contributed by atoms with E-state index in [0.717, 1.165) is 10.6 Å². The molecule has 1 aromatic heterocycles. The number of rotatable bonds is 2. The van der Waals surface area contributed by atoms with Crippen LogP contribution in [0.5, 0.6) is 0 Å². The Hall–Kier alpha value is -1.95. The van der Waals surface area contributed by atoms with Crippen LogP contribution in [-0.4, -0.2) is 15.6 Å². The van der Waals surface area contributed by atoms with Gasteiger partial charge in [-0.2, -0.15) is 9.78 Å². The Balaban J connectivity index is 2.44. The van der Waals surface area contributed by atoms with Gasteiger partial charge in [-0.1, -0.05) is 18.3 Å². The zero-order valence-corrected chi connectivity index (χ0v) is 10.2. The van der Waals surface area contributed by atoms with Crippen LogP contribution in [0.3, 0.4) is 0 Å². The van der Waals surface area contributed by atoms with E-state index in [9.17, 15) is 0 Å². The zero-order valence-electron chi connectivity index (χ0n) is 9.40. The molecule has 0 atom stereocenters. The van der Waals surface area contributed by atoms with E-state index in [0.29, 0.717) is 17.9 Å². The number of nitrogens with one attached hydrogen (secondary N) is 2. The highest BCUT2D eigenvalue weighted by Crippen LogP contribution is 2.20. The van der Waals surface area contributed by atoms with Gasteiger partial charge >= 0.3 is 0 Å². The average molecular weight is 247 g/mol. The molecule has 2 rings (SSSR count). The largest absolute Gasteiger partial charge is 0.399 e. The van der Waals surface area contributed by atoms with Gasteiger partial charge in [-0.3, -0.25) is 10.8 Å². The Morgan fingerprint density at radius 1 is 1.41 bits per heavy atom. The highest BCUT2D eigenvalue weighted by atomic mass is 32.1. The SMILES string of the molecule is CCC(=N)n1nc(-c2ccc(N)cc2)sc1=N. The molecule has 88 valence electrons. The van der Waals surface area contributed by atoms with E-state index in [2.05, 4.69) is 5.10 Å². The number of nitrogen functional groups attached to an aromatic ring is 1. The molecule has 1 aromatic carbocycles. The van der Waals surface area contributed by atoms with Crippen molar-refractivity contribution in [1.82, 2.24) is 9.78 Å². The maximum Gasteiger partial charge on any atom is 0.206 e. The molecule has 2 aromatic rings. The van der Waals surface area contributed by atoms with Gasteiger partial charge in [0.2, 0.25) is 4.80 Å². The third-order valence-corrected chi connectivity index (χ3v) is 3.20. The first-order chi connectivity index (χ1) is 8.11. The lowest BCUT2D eigenvalue weighted by Crippen LogP contribution is -2.22. The Bertz CT molecular complexity index is 593. The van der Waals surface area contributed by atoms with Gasteiger partial charge in [-0.15, -0.1) is 0 Å². The molecule has 6 heteroatoms. The molecule has 0 aliphatic heterocycles. The van der Waals surface area contributed by atoms with Crippen molar-refractivity contribution in [2.75, 3.05) is 5.73 Å². The summed E-state index contributed by atoms with van der Waals surface area (Å²) in [6, 6.07) is 7.34. The summed E-state index contributed by atoms with van der Waals surface area (Å²) in [6.07, 6.45) is 0.557. The Morgan fingerprint density at radius 3 is 2.65 bits per heavy atom. The van der Waals surface area contributed by atoms with Crippen molar-refractivity contribution in [3.63, 3.8) is 0 Å². The summed E-state index contributed by atoms with van der Waals surface area (Å²) in [6.45, 7) is 1.87. The van der Waals surface area contributed by atoms with Crippen molar-refractivity contribution < 1.29 is 0 Å². The Morgan fingerprint density at radius 2 is 2.06 bits per heavy atom. The van der Waals surface area contributed by atoms with Gasteiger partial charge in [-0.25, -0.2) is 0 Å². The van der Waals surface area contributed by atoms with Crippen LogP contribution in [0, 0.1) is 10.8 Å². The minimum atomic E-state index is 0.267. The molecule has 0 spiro atoms. The van der Waals surface area contributed by atoms with Gasteiger partial charge in [0.25, 0.3) is 0 Å². The lowest BCUT2D eigenvalue weighted by molar-refractivity contribution is 0.841. The average Bonchev–Trinajstić information content (AvgIpc) is 2.71. The molecule has 5 nitrogen and oxygen atoms in total. The van der Waals surface area contributed by atoms with Crippen molar-refractivity contribution in [2.45, 2.75) is 13.3 Å². The van der Waals surface area contributed by atoms with Gasteiger partial charge < -0.3 is 5.73 Å². The van der Waals surface area contributed by atoms with Crippen LogP contribution < -0.4 is 10.5 Å². The second-order valence-corrected chi connectivity index (χ2v) is 4.52. The molecule has 1 heterocycles. The molecular formula is C11H13N5S. The molecule has 0 radical (unpaired) electrons. The Kier molecular flexibility index (Phi) is 3.06. The fraction of sp³-hybridized carbons (Fsp3) is 0.182. The maximum absolute atomic E-state index is 7.77. The summed E-state index contributed by atoms with van der Waals surface area (Å²) >= 11 is 1.25. The normalized spacial score (nSPS) is 10.4. The third-order valence-electron chi connectivity index (χ3n) is 2.32. The van der Waals surface area contributed by atoms with Gasteiger partial charge in [0.15, 0.2) is 0 Å². The van der Waals surface area contributed by atoms with Crippen LogP contribution in [0.4, 0.5) is 5.69 Å². The van der Waals surface area contributed by atoms with Crippen molar-refractivity contribution in [2.24, 2.45) is 0 Å². The molecule has 0 unspecified atom stereocenters. The van der Waals surface area contributed by atoms with Crippen LogP contribution in [0.2, 0.25) is 0 Å². The predicted molar refractivity (Wildman–Crippen MR) is 69.2 cm³/mol. The first-order valence-corrected chi connectivity index (χ1v) is 6.02. The first kappa shape index (κ1) is 11.5. The minimum absolute atomic E-state index is 0.267. The summed E-state index contributed by atoms with van der Waals surface area (Å²) < 4.78 is 1.36. The number of hydrogen-bond donors (Lipinski definition) is 3. The molecule has 0 aliphatic rings. The van der Waals surface area contributed by atoms with E-state index in [1.54, 1.807) is 12.1 Å². The molecule has 0 amide bonds. The number of nitrogens with two attached hydrogens (primary N) is 1. The molecular weight excluding hydrogens is 234 g/mol. The van der Waals surface area contributed by atoms with Crippen molar-refractivity contribution in [1.29, 1.82) is 10.8 Å². The first-order valence-electron chi connectivity index (χ1n) is 5.20. The van der Waals surface area contributed by atoms with E-state index >= 15 is 0 Å². The molecule has 0 fully saturated rings. The molecule has 0 bridgehead atoms. The van der Waals surface area contributed by atoms with Crippen molar-refractivity contribution >= 4 is 22.9 Å². The van der Waals surface area contributed by atoms with E-state index in [1.165, 1.54) is 16.0 Å². The number of hydrogen-bond acceptors (Lipinski definition) is 5. The summed E-state index contributed by atoms with van der Waals surface area (Å²) in [4.78, 5) is 0.267. The van der Waals surface area contributed by atoms with Crippen LogP contribution in [-0.2, 0) is 0 Å². The standard InChI is InChI=1S/C11H13N5S/c1-2-9(13)16-11(14)17-10(15-16)7-3-5-8(12)6-4-7/h3-6,13-14H,2,12H2,1H3. The van der Waals surface area contributed by atoms with Gasteiger partial charge in [0.1, 0.15) is 10.8 Å². The number of benzene rings is 1. The van der Waals surface area contributed by atoms with Crippen LogP contribution in [0.15, 0.2) is 24.3 Å². The number of aromatic nitrogens is 2. The molecule has 4 N–H and O–H groups in total. The monoisotopic (exact) mass is 247 g/mol. The quantitative estimate of drug-likeness (QED) is 0.429. The predicted octanol–water partition coefficient (Wildman–Crippen LogP) is 1.91. The number of anilines is 1. The van der Waals surface area contributed by atoms with Gasteiger partial charge in [0, 0.05) is 17.7 Å².